The highest BCUT2D eigenvalue weighted by Crippen LogP contribution is 2.39. The summed E-state index contributed by atoms with van der Waals surface area (Å²) in [4.78, 5) is 31.5. The van der Waals surface area contributed by atoms with Gasteiger partial charge in [0.15, 0.2) is 11.5 Å². The Kier molecular flexibility index (Phi) is 5.62. The Morgan fingerprint density at radius 2 is 1.84 bits per heavy atom. The van der Waals surface area contributed by atoms with E-state index >= 15 is 0 Å². The molecule has 2 N–H and O–H groups in total. The van der Waals surface area contributed by atoms with Gasteiger partial charge in [-0.1, -0.05) is 54.6 Å². The van der Waals surface area contributed by atoms with Crippen molar-refractivity contribution in [2.45, 2.75) is 12.6 Å². The number of amides is 1. The number of hydrogen-bond acceptors (Lipinski definition) is 5. The summed E-state index contributed by atoms with van der Waals surface area (Å²) in [6.45, 7) is 0.149. The van der Waals surface area contributed by atoms with Gasteiger partial charge in [-0.15, -0.1) is 0 Å². The normalized spacial score (nSPS) is 16.3. The first-order valence-electron chi connectivity index (χ1n) is 9.74. The number of aliphatic hydroxyl groups excluding tert-OH is 1. The van der Waals surface area contributed by atoms with Gasteiger partial charge in [0.2, 0.25) is 0 Å². The van der Waals surface area contributed by atoms with Crippen molar-refractivity contribution < 1.29 is 19.8 Å². The van der Waals surface area contributed by atoms with Crippen LogP contribution in [0.4, 0.5) is 0 Å². The first-order valence-corrected chi connectivity index (χ1v) is 9.74. The number of carbonyl (C=O) groups is 2. The van der Waals surface area contributed by atoms with Crippen LogP contribution in [0.2, 0.25) is 0 Å². The van der Waals surface area contributed by atoms with E-state index in [1.165, 1.54) is 23.1 Å². The zero-order chi connectivity index (χ0) is 21.8. The van der Waals surface area contributed by atoms with E-state index in [-0.39, 0.29) is 17.9 Å². The van der Waals surface area contributed by atoms with Crippen molar-refractivity contribution >= 4 is 17.8 Å². The number of rotatable bonds is 6. The number of allylic oxidation sites excluding steroid dienone is 1. The maximum atomic E-state index is 13.1. The topological polar surface area (TPSA) is 90.7 Å². The predicted molar refractivity (Wildman–Crippen MR) is 116 cm³/mol. The van der Waals surface area contributed by atoms with E-state index in [0.717, 1.165) is 11.1 Å². The lowest BCUT2D eigenvalue weighted by atomic mass is 9.95. The Bertz CT molecular complexity index is 1170. The molecule has 0 radical (unpaired) electrons. The first kappa shape index (κ1) is 20.1. The minimum absolute atomic E-state index is 0.00398. The fourth-order valence-corrected chi connectivity index (χ4v) is 3.62. The number of nitrogens with zero attached hydrogens (tertiary/aromatic N) is 2. The summed E-state index contributed by atoms with van der Waals surface area (Å²) in [5.74, 6) is -1.70. The minimum Gasteiger partial charge on any atom is -0.508 e. The largest absolute Gasteiger partial charge is 0.508 e. The molecule has 1 unspecified atom stereocenters. The molecule has 2 heterocycles. The second-order valence-electron chi connectivity index (χ2n) is 7.16. The number of benzene rings is 2. The lowest BCUT2D eigenvalue weighted by Crippen LogP contribution is -2.30. The van der Waals surface area contributed by atoms with Crippen LogP contribution in [0.15, 0.2) is 96.5 Å². The minimum atomic E-state index is -0.840. The highest BCUT2D eigenvalue weighted by molar-refractivity contribution is 6.14. The van der Waals surface area contributed by atoms with E-state index in [2.05, 4.69) is 4.98 Å². The third-order valence-electron chi connectivity index (χ3n) is 5.06. The number of aromatic hydroxyl groups is 1. The van der Waals surface area contributed by atoms with Crippen molar-refractivity contribution in [2.24, 2.45) is 0 Å². The molecule has 0 spiro atoms. The van der Waals surface area contributed by atoms with Crippen LogP contribution in [0.3, 0.4) is 0 Å². The zero-order valence-corrected chi connectivity index (χ0v) is 16.6. The fourth-order valence-electron chi connectivity index (χ4n) is 3.62. The maximum Gasteiger partial charge on any atom is 0.290 e. The molecule has 4 rings (SSSR count). The van der Waals surface area contributed by atoms with Crippen molar-refractivity contribution in [1.82, 2.24) is 9.88 Å². The predicted octanol–water partition coefficient (Wildman–Crippen LogP) is 3.97. The van der Waals surface area contributed by atoms with Crippen LogP contribution >= 0.6 is 0 Å². The van der Waals surface area contributed by atoms with Crippen LogP contribution in [0.1, 0.15) is 22.7 Å². The molecule has 0 bridgehead atoms. The Labute approximate surface area is 179 Å². The molecular formula is C25H20N2O4. The molecule has 1 aliphatic heterocycles. The van der Waals surface area contributed by atoms with Crippen molar-refractivity contribution in [2.75, 3.05) is 0 Å². The fraction of sp³-hybridized carbons (Fsp3) is 0.0800. The third kappa shape index (κ3) is 4.23. The average Bonchev–Trinajstić information content (AvgIpc) is 3.04. The van der Waals surface area contributed by atoms with Crippen LogP contribution in [-0.4, -0.2) is 31.8 Å². The number of phenols is 1. The summed E-state index contributed by atoms with van der Waals surface area (Å²) >= 11 is 0. The van der Waals surface area contributed by atoms with E-state index in [9.17, 15) is 19.8 Å². The van der Waals surface area contributed by atoms with E-state index in [1.54, 1.807) is 36.7 Å². The molecule has 0 saturated carbocycles. The molecule has 1 aromatic heterocycles. The van der Waals surface area contributed by atoms with Gasteiger partial charge < -0.3 is 15.1 Å². The molecule has 1 aliphatic rings. The monoisotopic (exact) mass is 412 g/mol. The van der Waals surface area contributed by atoms with Gasteiger partial charge in [0, 0.05) is 18.9 Å². The number of hydrogen-bond donors (Lipinski definition) is 2. The molecule has 2 aromatic carbocycles. The van der Waals surface area contributed by atoms with Crippen LogP contribution in [0.5, 0.6) is 5.75 Å². The van der Waals surface area contributed by atoms with Gasteiger partial charge in [-0.25, -0.2) is 0 Å². The molecule has 1 amide bonds. The standard InChI is InChI=1S/C25H20N2O4/c28-20-10-4-9-19(14-20)23-22(21(29)12-11-17-6-2-1-3-7-17)24(30)25(31)27(23)16-18-8-5-13-26-15-18/h1-15,23,28,30H,16H2/b12-11+. The summed E-state index contributed by atoms with van der Waals surface area (Å²) in [6.07, 6.45) is 6.23. The van der Waals surface area contributed by atoms with Gasteiger partial charge in [0.1, 0.15) is 5.75 Å². The summed E-state index contributed by atoms with van der Waals surface area (Å²) in [7, 11) is 0. The van der Waals surface area contributed by atoms with Gasteiger partial charge in [0.25, 0.3) is 5.91 Å². The van der Waals surface area contributed by atoms with E-state index in [1.807, 2.05) is 36.4 Å². The van der Waals surface area contributed by atoms with E-state index in [4.69, 9.17) is 0 Å². The van der Waals surface area contributed by atoms with Gasteiger partial charge >= 0.3 is 0 Å². The molecule has 31 heavy (non-hydrogen) atoms. The number of aromatic nitrogens is 1. The van der Waals surface area contributed by atoms with Gasteiger partial charge in [-0.3, -0.25) is 14.6 Å². The molecule has 6 nitrogen and oxygen atoms in total. The van der Waals surface area contributed by atoms with Gasteiger partial charge in [-0.05, 0) is 41.0 Å². The van der Waals surface area contributed by atoms with Crippen LogP contribution in [-0.2, 0) is 16.1 Å². The quantitative estimate of drug-likeness (QED) is 0.598. The molecule has 3 aromatic rings. The molecule has 0 saturated heterocycles. The highest BCUT2D eigenvalue weighted by Gasteiger charge is 2.43. The maximum absolute atomic E-state index is 13.1. The summed E-state index contributed by atoms with van der Waals surface area (Å²) in [5.41, 5.74) is 2.08. The Morgan fingerprint density at radius 3 is 2.55 bits per heavy atom. The molecule has 0 aliphatic carbocycles. The highest BCUT2D eigenvalue weighted by atomic mass is 16.3. The third-order valence-corrected chi connectivity index (χ3v) is 5.06. The smallest absolute Gasteiger partial charge is 0.290 e. The lowest BCUT2D eigenvalue weighted by Gasteiger charge is -2.26. The van der Waals surface area contributed by atoms with Crippen LogP contribution in [0, 0.1) is 0 Å². The number of phenolic OH excluding ortho intramolecular Hbond substituents is 1. The zero-order valence-electron chi connectivity index (χ0n) is 16.6. The number of aliphatic hydroxyl groups is 1. The van der Waals surface area contributed by atoms with Crippen LogP contribution in [0.25, 0.3) is 6.08 Å². The Hall–Kier alpha value is -4.19. The number of pyridine rings is 1. The Balaban J connectivity index is 1.73. The Morgan fingerprint density at radius 1 is 1.03 bits per heavy atom. The summed E-state index contributed by atoms with van der Waals surface area (Å²) in [5, 5.41) is 20.6. The second kappa shape index (κ2) is 8.67. The van der Waals surface area contributed by atoms with E-state index in [0.29, 0.717) is 5.56 Å². The first-order chi connectivity index (χ1) is 15.0. The van der Waals surface area contributed by atoms with Crippen molar-refractivity contribution in [3.63, 3.8) is 0 Å². The number of ketones is 1. The van der Waals surface area contributed by atoms with Crippen molar-refractivity contribution in [3.05, 3.63) is 113 Å². The molecule has 154 valence electrons. The summed E-state index contributed by atoms with van der Waals surface area (Å²) < 4.78 is 0. The second-order valence-corrected chi connectivity index (χ2v) is 7.16. The van der Waals surface area contributed by atoms with Crippen molar-refractivity contribution in [3.8, 4) is 5.75 Å². The molecule has 6 heteroatoms. The van der Waals surface area contributed by atoms with E-state index < -0.39 is 23.5 Å². The average molecular weight is 412 g/mol. The molecule has 0 fully saturated rings. The number of carbonyl (C=O) groups excluding carboxylic acids is 2. The lowest BCUT2D eigenvalue weighted by molar-refractivity contribution is -0.130. The van der Waals surface area contributed by atoms with Gasteiger partial charge in [-0.2, -0.15) is 0 Å². The van der Waals surface area contributed by atoms with Gasteiger partial charge in [0.05, 0.1) is 11.6 Å². The van der Waals surface area contributed by atoms with Crippen molar-refractivity contribution in [1.29, 1.82) is 0 Å². The summed E-state index contributed by atoms with van der Waals surface area (Å²) in [6, 6.07) is 18.3. The SMILES string of the molecule is O=C(/C=C/c1ccccc1)C1=C(O)C(=O)N(Cc2cccnc2)C1c1cccc(O)c1. The molecule has 1 atom stereocenters. The van der Waals surface area contributed by atoms with Crippen LogP contribution < -0.4 is 0 Å². The molecular weight excluding hydrogens is 392 g/mol.